The van der Waals surface area contributed by atoms with Crippen LogP contribution in [0.3, 0.4) is 0 Å². The van der Waals surface area contributed by atoms with E-state index >= 15 is 0 Å². The second-order valence-electron chi connectivity index (χ2n) is 3.52. The summed E-state index contributed by atoms with van der Waals surface area (Å²) < 4.78 is 0. The molecule has 0 aromatic rings. The highest BCUT2D eigenvalue weighted by Gasteiger charge is 2.10. The van der Waals surface area contributed by atoms with Crippen molar-refractivity contribution in [1.82, 2.24) is 10.8 Å². The van der Waals surface area contributed by atoms with Crippen molar-refractivity contribution in [2.45, 2.75) is 33.2 Å². The molecule has 0 fully saturated rings. The summed E-state index contributed by atoms with van der Waals surface area (Å²) in [5.74, 6) is 0.591. The monoisotopic (exact) mass is 188 g/mol. The molecule has 78 valence electrons. The van der Waals surface area contributed by atoms with Crippen molar-refractivity contribution in [1.29, 1.82) is 0 Å². The van der Waals surface area contributed by atoms with E-state index in [-0.39, 0.29) is 11.9 Å². The van der Waals surface area contributed by atoms with Gasteiger partial charge >= 0.3 is 0 Å². The molecule has 1 atom stereocenters. The van der Waals surface area contributed by atoms with Crippen molar-refractivity contribution in [2.24, 2.45) is 5.92 Å². The number of nitrogens with one attached hydrogen (secondary N) is 2. The van der Waals surface area contributed by atoms with E-state index in [0.717, 1.165) is 13.0 Å². The van der Waals surface area contributed by atoms with E-state index in [1.165, 1.54) is 7.11 Å². The summed E-state index contributed by atoms with van der Waals surface area (Å²) in [6, 6.07) is -0.294. The van der Waals surface area contributed by atoms with Crippen LogP contribution in [0.1, 0.15) is 27.2 Å². The molecule has 0 saturated heterocycles. The van der Waals surface area contributed by atoms with E-state index in [4.69, 9.17) is 0 Å². The van der Waals surface area contributed by atoms with Gasteiger partial charge in [-0.2, -0.15) is 5.48 Å². The zero-order valence-electron chi connectivity index (χ0n) is 8.89. The summed E-state index contributed by atoms with van der Waals surface area (Å²) in [6.07, 6.45) is 1.01. The van der Waals surface area contributed by atoms with Crippen LogP contribution in [0, 0.1) is 5.92 Å². The van der Waals surface area contributed by atoms with Gasteiger partial charge < -0.3 is 10.2 Å². The number of hydrogen-bond acceptors (Lipinski definition) is 3. The number of hydroxylamine groups is 1. The first kappa shape index (κ1) is 12.4. The lowest BCUT2D eigenvalue weighted by molar-refractivity contribution is -0.125. The molecule has 4 nitrogen and oxygen atoms in total. The Bertz CT molecular complexity index is 149. The Morgan fingerprint density at radius 2 is 2.00 bits per heavy atom. The summed E-state index contributed by atoms with van der Waals surface area (Å²) in [7, 11) is 1.50. The normalized spacial score (nSPS) is 13.0. The largest absolute Gasteiger partial charge is 0.355 e. The number of rotatable bonds is 6. The quantitative estimate of drug-likeness (QED) is 0.603. The molecule has 0 saturated carbocycles. The van der Waals surface area contributed by atoms with Crippen molar-refractivity contribution in [3.63, 3.8) is 0 Å². The van der Waals surface area contributed by atoms with Gasteiger partial charge in [-0.25, -0.2) is 0 Å². The molecule has 0 aliphatic carbocycles. The second-order valence-corrected chi connectivity index (χ2v) is 3.52. The maximum atomic E-state index is 11.3. The SMILES string of the molecule is CONC(C)C(=O)NCCC(C)C. The van der Waals surface area contributed by atoms with E-state index in [1.54, 1.807) is 6.92 Å². The molecular weight excluding hydrogens is 168 g/mol. The molecule has 0 aromatic heterocycles. The Balaban J connectivity index is 3.50. The first-order valence-electron chi connectivity index (χ1n) is 4.64. The Labute approximate surface area is 80.0 Å². The predicted molar refractivity (Wildman–Crippen MR) is 52.1 cm³/mol. The van der Waals surface area contributed by atoms with Crippen molar-refractivity contribution in [3.8, 4) is 0 Å². The smallest absolute Gasteiger partial charge is 0.239 e. The second kappa shape index (κ2) is 6.86. The van der Waals surface area contributed by atoms with Gasteiger partial charge in [-0.1, -0.05) is 13.8 Å². The fourth-order valence-electron chi connectivity index (χ4n) is 0.867. The number of carbonyl (C=O) groups excluding carboxylic acids is 1. The summed E-state index contributed by atoms with van der Waals surface area (Å²) >= 11 is 0. The number of hydrogen-bond donors (Lipinski definition) is 2. The molecular formula is C9H20N2O2. The van der Waals surface area contributed by atoms with Gasteiger partial charge in [0, 0.05) is 6.54 Å². The molecule has 13 heavy (non-hydrogen) atoms. The van der Waals surface area contributed by atoms with E-state index in [2.05, 4.69) is 29.5 Å². The van der Waals surface area contributed by atoms with Crippen LogP contribution >= 0.6 is 0 Å². The van der Waals surface area contributed by atoms with Gasteiger partial charge in [-0.05, 0) is 19.3 Å². The van der Waals surface area contributed by atoms with Gasteiger partial charge in [-0.3, -0.25) is 4.79 Å². The van der Waals surface area contributed by atoms with Crippen LogP contribution in [0.4, 0.5) is 0 Å². The minimum absolute atomic E-state index is 0.0255. The van der Waals surface area contributed by atoms with Crippen LogP contribution in [0.5, 0.6) is 0 Å². The fourth-order valence-corrected chi connectivity index (χ4v) is 0.867. The predicted octanol–water partition coefficient (Wildman–Crippen LogP) is 0.688. The molecule has 4 heteroatoms. The standard InChI is InChI=1S/C9H20N2O2/c1-7(2)5-6-10-9(12)8(3)11-13-4/h7-8,11H,5-6H2,1-4H3,(H,10,12). The van der Waals surface area contributed by atoms with Gasteiger partial charge in [0.1, 0.15) is 6.04 Å². The van der Waals surface area contributed by atoms with Crippen LogP contribution in [-0.2, 0) is 9.63 Å². The maximum absolute atomic E-state index is 11.3. The average Bonchev–Trinajstić information content (AvgIpc) is 2.04. The molecule has 0 bridgehead atoms. The highest BCUT2D eigenvalue weighted by Crippen LogP contribution is 1.96. The Kier molecular flexibility index (Phi) is 6.54. The van der Waals surface area contributed by atoms with Crippen LogP contribution in [0.2, 0.25) is 0 Å². The van der Waals surface area contributed by atoms with Crippen molar-refractivity contribution >= 4 is 5.91 Å². The molecule has 0 aliphatic rings. The lowest BCUT2D eigenvalue weighted by Crippen LogP contribution is -2.42. The molecule has 0 radical (unpaired) electrons. The van der Waals surface area contributed by atoms with Gasteiger partial charge in [0.2, 0.25) is 5.91 Å². The minimum Gasteiger partial charge on any atom is -0.355 e. The zero-order valence-corrected chi connectivity index (χ0v) is 8.89. The summed E-state index contributed by atoms with van der Waals surface area (Å²) in [5.41, 5.74) is 2.57. The van der Waals surface area contributed by atoms with Crippen LogP contribution in [-0.4, -0.2) is 25.6 Å². The molecule has 2 N–H and O–H groups in total. The minimum atomic E-state index is -0.294. The third-order valence-electron chi connectivity index (χ3n) is 1.71. The lowest BCUT2D eigenvalue weighted by atomic mass is 10.1. The van der Waals surface area contributed by atoms with E-state index in [0.29, 0.717) is 5.92 Å². The third kappa shape index (κ3) is 6.54. The molecule has 0 heterocycles. The first-order chi connectivity index (χ1) is 6.07. The highest BCUT2D eigenvalue weighted by atomic mass is 16.6. The van der Waals surface area contributed by atoms with E-state index < -0.39 is 0 Å². The van der Waals surface area contributed by atoms with E-state index in [9.17, 15) is 4.79 Å². The van der Waals surface area contributed by atoms with Gasteiger partial charge in [0.05, 0.1) is 7.11 Å². The van der Waals surface area contributed by atoms with Crippen molar-refractivity contribution in [3.05, 3.63) is 0 Å². The Hall–Kier alpha value is -0.610. The van der Waals surface area contributed by atoms with Crippen LogP contribution in [0.15, 0.2) is 0 Å². The fraction of sp³-hybridized carbons (Fsp3) is 0.889. The summed E-state index contributed by atoms with van der Waals surface area (Å²) in [4.78, 5) is 15.9. The lowest BCUT2D eigenvalue weighted by Gasteiger charge is -2.12. The number of carbonyl (C=O) groups is 1. The number of amides is 1. The molecule has 1 unspecified atom stereocenters. The summed E-state index contributed by atoms with van der Waals surface area (Å²) in [5, 5.41) is 2.82. The molecule has 0 spiro atoms. The summed E-state index contributed by atoms with van der Waals surface area (Å²) in [6.45, 7) is 6.74. The van der Waals surface area contributed by atoms with Gasteiger partial charge in [-0.15, -0.1) is 0 Å². The Morgan fingerprint density at radius 1 is 1.38 bits per heavy atom. The van der Waals surface area contributed by atoms with Crippen molar-refractivity contribution in [2.75, 3.05) is 13.7 Å². The average molecular weight is 188 g/mol. The van der Waals surface area contributed by atoms with Crippen molar-refractivity contribution < 1.29 is 9.63 Å². The van der Waals surface area contributed by atoms with Gasteiger partial charge in [0.15, 0.2) is 0 Å². The topological polar surface area (TPSA) is 50.4 Å². The third-order valence-corrected chi connectivity index (χ3v) is 1.71. The van der Waals surface area contributed by atoms with Crippen LogP contribution < -0.4 is 10.8 Å². The van der Waals surface area contributed by atoms with Crippen LogP contribution in [0.25, 0.3) is 0 Å². The zero-order chi connectivity index (χ0) is 10.3. The molecule has 0 rings (SSSR count). The molecule has 1 amide bonds. The highest BCUT2D eigenvalue weighted by molar-refractivity contribution is 5.81. The Morgan fingerprint density at radius 3 is 2.46 bits per heavy atom. The first-order valence-corrected chi connectivity index (χ1v) is 4.64. The maximum Gasteiger partial charge on any atom is 0.239 e. The van der Waals surface area contributed by atoms with E-state index in [1.807, 2.05) is 0 Å². The molecule has 0 aromatic carbocycles. The molecule has 0 aliphatic heterocycles. The van der Waals surface area contributed by atoms with Gasteiger partial charge in [0.25, 0.3) is 0 Å².